The summed E-state index contributed by atoms with van der Waals surface area (Å²) in [6, 6.07) is 2.30. The van der Waals surface area contributed by atoms with Gasteiger partial charge >= 0.3 is 6.18 Å². The van der Waals surface area contributed by atoms with Crippen molar-refractivity contribution in [3.05, 3.63) is 64.5 Å². The van der Waals surface area contributed by atoms with Crippen LogP contribution in [0.3, 0.4) is 0 Å². The Hall–Kier alpha value is -3.04. The first-order valence-electron chi connectivity index (χ1n) is 12.2. The highest BCUT2D eigenvalue weighted by Gasteiger charge is 2.52. The van der Waals surface area contributed by atoms with E-state index in [-0.39, 0.29) is 41.1 Å². The fraction of sp³-hybridized carbons (Fsp3) is 0.500. The van der Waals surface area contributed by atoms with Crippen molar-refractivity contribution in [2.45, 2.75) is 69.8 Å². The van der Waals surface area contributed by atoms with Crippen LogP contribution in [0.25, 0.3) is 0 Å². The number of aryl methyl sites for hydroxylation is 1. The predicted octanol–water partition coefficient (Wildman–Crippen LogP) is 5.20. The average molecular weight is 508 g/mol. The fourth-order valence-corrected chi connectivity index (χ4v) is 5.44. The van der Waals surface area contributed by atoms with Crippen LogP contribution in [0.1, 0.15) is 72.2 Å². The molecular formula is C26H26F5N3O2. The van der Waals surface area contributed by atoms with Crippen molar-refractivity contribution < 1.29 is 31.5 Å². The largest absolute Gasteiger partial charge is 0.419 e. The zero-order valence-corrected chi connectivity index (χ0v) is 19.6. The lowest BCUT2D eigenvalue weighted by atomic mass is 9.80. The van der Waals surface area contributed by atoms with Gasteiger partial charge in [0.2, 0.25) is 5.91 Å². The van der Waals surface area contributed by atoms with Crippen LogP contribution in [0.2, 0.25) is 0 Å². The molecular weight excluding hydrogens is 481 g/mol. The monoisotopic (exact) mass is 507 g/mol. The SMILES string of the molecule is CCc1ccnc(C(=O)N2[C@@H](C(=O)N[C@@H](c3cc(F)c(C(F)(F)F)cc3F)C3CC3)C[C@H]3CC[C@H]32)c1. The number of hydrogen-bond donors (Lipinski definition) is 1. The molecule has 1 aliphatic heterocycles. The minimum atomic E-state index is -5.03. The van der Waals surface area contributed by atoms with Gasteiger partial charge < -0.3 is 10.2 Å². The van der Waals surface area contributed by atoms with E-state index in [1.54, 1.807) is 17.2 Å². The van der Waals surface area contributed by atoms with Gasteiger partial charge in [-0.2, -0.15) is 13.2 Å². The van der Waals surface area contributed by atoms with E-state index in [4.69, 9.17) is 0 Å². The van der Waals surface area contributed by atoms with Gasteiger partial charge in [0.05, 0.1) is 11.6 Å². The Labute approximate surface area is 205 Å². The lowest BCUT2D eigenvalue weighted by Gasteiger charge is -2.37. The quantitative estimate of drug-likeness (QED) is 0.547. The molecule has 192 valence electrons. The topological polar surface area (TPSA) is 62.3 Å². The van der Waals surface area contributed by atoms with Gasteiger partial charge in [0.15, 0.2) is 0 Å². The van der Waals surface area contributed by atoms with Gasteiger partial charge in [0.25, 0.3) is 5.91 Å². The van der Waals surface area contributed by atoms with E-state index in [2.05, 4.69) is 10.3 Å². The Morgan fingerprint density at radius 3 is 2.47 bits per heavy atom. The summed E-state index contributed by atoms with van der Waals surface area (Å²) < 4.78 is 68.1. The van der Waals surface area contributed by atoms with Gasteiger partial charge in [-0.25, -0.2) is 8.78 Å². The molecule has 1 saturated heterocycles. The minimum Gasteiger partial charge on any atom is -0.347 e. The Bertz CT molecular complexity index is 1200. The van der Waals surface area contributed by atoms with Crippen molar-refractivity contribution in [3.63, 3.8) is 0 Å². The van der Waals surface area contributed by atoms with E-state index in [1.807, 2.05) is 13.0 Å². The van der Waals surface area contributed by atoms with E-state index in [0.29, 0.717) is 25.3 Å². The molecule has 2 saturated carbocycles. The number of nitrogens with one attached hydrogen (secondary N) is 1. The molecule has 36 heavy (non-hydrogen) atoms. The second-order valence-electron chi connectivity index (χ2n) is 9.95. The summed E-state index contributed by atoms with van der Waals surface area (Å²) in [6.07, 6.45) is 0.575. The molecule has 5 nitrogen and oxygen atoms in total. The highest BCUT2D eigenvalue weighted by Crippen LogP contribution is 2.46. The Balaban J connectivity index is 1.41. The van der Waals surface area contributed by atoms with Crippen molar-refractivity contribution >= 4 is 11.8 Å². The highest BCUT2D eigenvalue weighted by molar-refractivity contribution is 5.97. The van der Waals surface area contributed by atoms with Gasteiger partial charge in [-0.05, 0) is 80.2 Å². The maximum atomic E-state index is 14.8. The van der Waals surface area contributed by atoms with Crippen molar-refractivity contribution in [2.75, 3.05) is 0 Å². The third-order valence-corrected chi connectivity index (χ3v) is 7.70. The number of benzene rings is 1. The number of nitrogens with zero attached hydrogens (tertiary/aromatic N) is 2. The third-order valence-electron chi connectivity index (χ3n) is 7.70. The molecule has 1 aromatic heterocycles. The molecule has 0 radical (unpaired) electrons. The molecule has 4 atom stereocenters. The van der Waals surface area contributed by atoms with E-state index < -0.39 is 41.4 Å². The second-order valence-corrected chi connectivity index (χ2v) is 9.95. The Morgan fingerprint density at radius 1 is 1.11 bits per heavy atom. The molecule has 10 heteroatoms. The summed E-state index contributed by atoms with van der Waals surface area (Å²) >= 11 is 0. The smallest absolute Gasteiger partial charge is 0.347 e. The lowest BCUT2D eigenvalue weighted by Crippen LogP contribution is -2.51. The predicted molar refractivity (Wildman–Crippen MR) is 120 cm³/mol. The molecule has 2 aromatic rings. The number of aromatic nitrogens is 1. The number of pyridine rings is 1. The number of amides is 2. The normalized spacial score (nSPS) is 24.2. The van der Waals surface area contributed by atoms with Crippen LogP contribution in [-0.4, -0.2) is 33.8 Å². The number of alkyl halides is 3. The van der Waals surface area contributed by atoms with E-state index in [0.717, 1.165) is 24.8 Å². The Morgan fingerprint density at radius 2 is 1.86 bits per heavy atom. The first kappa shape index (κ1) is 24.6. The maximum Gasteiger partial charge on any atom is 0.419 e. The maximum absolute atomic E-state index is 14.8. The standard InChI is InChI=1S/C26H26F5N3O2/c1-2-13-7-8-32-20(9-13)25(36)34-21-6-5-15(21)10-22(34)24(35)33-23(14-3-4-14)16-11-19(28)17(12-18(16)27)26(29,30)31/h7-9,11-12,14-15,21-23H,2-6,10H2,1H3,(H,33,35)/t15-,21-,22-,23-/m1/s1. The average Bonchev–Trinajstić information content (AvgIpc) is 3.62. The van der Waals surface area contributed by atoms with Gasteiger partial charge in [-0.3, -0.25) is 14.6 Å². The highest BCUT2D eigenvalue weighted by atomic mass is 19.4. The van der Waals surface area contributed by atoms with Gasteiger partial charge in [-0.1, -0.05) is 6.92 Å². The zero-order chi connectivity index (χ0) is 25.8. The first-order chi connectivity index (χ1) is 17.1. The van der Waals surface area contributed by atoms with E-state index >= 15 is 0 Å². The number of halogens is 5. The molecule has 3 fully saturated rings. The summed E-state index contributed by atoms with van der Waals surface area (Å²) in [4.78, 5) is 32.6. The summed E-state index contributed by atoms with van der Waals surface area (Å²) in [6.45, 7) is 1.96. The van der Waals surface area contributed by atoms with Crippen molar-refractivity contribution in [1.82, 2.24) is 15.2 Å². The molecule has 2 heterocycles. The summed E-state index contributed by atoms with van der Waals surface area (Å²) in [5.74, 6) is -3.73. The second kappa shape index (κ2) is 9.12. The van der Waals surface area contributed by atoms with Crippen molar-refractivity contribution in [3.8, 4) is 0 Å². The van der Waals surface area contributed by atoms with Crippen LogP contribution < -0.4 is 5.32 Å². The first-order valence-corrected chi connectivity index (χ1v) is 12.2. The molecule has 1 aromatic carbocycles. The summed E-state index contributed by atoms with van der Waals surface area (Å²) in [7, 11) is 0. The molecule has 0 bridgehead atoms. The number of carbonyl (C=O) groups excluding carboxylic acids is 2. The van der Waals surface area contributed by atoms with Crippen LogP contribution in [0.15, 0.2) is 30.5 Å². The molecule has 1 N–H and O–H groups in total. The van der Waals surface area contributed by atoms with Gasteiger partial charge in [-0.15, -0.1) is 0 Å². The van der Waals surface area contributed by atoms with Crippen LogP contribution in [0, 0.1) is 23.5 Å². The number of rotatable bonds is 6. The number of carbonyl (C=O) groups is 2. The van der Waals surface area contributed by atoms with Crippen LogP contribution in [0.5, 0.6) is 0 Å². The molecule has 3 aliphatic rings. The third kappa shape index (κ3) is 4.46. The van der Waals surface area contributed by atoms with Crippen LogP contribution in [0.4, 0.5) is 22.0 Å². The van der Waals surface area contributed by atoms with Crippen LogP contribution in [-0.2, 0) is 17.4 Å². The molecule has 2 aliphatic carbocycles. The summed E-state index contributed by atoms with van der Waals surface area (Å²) in [5.41, 5.74) is -0.815. The minimum absolute atomic E-state index is 0.0973. The zero-order valence-electron chi connectivity index (χ0n) is 19.6. The lowest BCUT2D eigenvalue weighted by molar-refractivity contribution is -0.140. The van der Waals surface area contributed by atoms with Gasteiger partial charge in [0.1, 0.15) is 23.4 Å². The molecule has 0 spiro atoms. The Kier molecular flexibility index (Phi) is 6.24. The van der Waals surface area contributed by atoms with Crippen molar-refractivity contribution in [1.29, 1.82) is 0 Å². The van der Waals surface area contributed by atoms with Gasteiger partial charge in [0, 0.05) is 17.8 Å². The fourth-order valence-electron chi connectivity index (χ4n) is 5.44. The summed E-state index contributed by atoms with van der Waals surface area (Å²) in [5, 5.41) is 2.75. The number of likely N-dealkylation sites (tertiary alicyclic amines) is 1. The van der Waals surface area contributed by atoms with Crippen molar-refractivity contribution in [2.24, 2.45) is 11.8 Å². The van der Waals surface area contributed by atoms with Crippen LogP contribution >= 0.6 is 0 Å². The number of hydrogen-bond acceptors (Lipinski definition) is 3. The van der Waals surface area contributed by atoms with E-state index in [9.17, 15) is 31.5 Å². The van der Waals surface area contributed by atoms with E-state index in [1.165, 1.54) is 0 Å². The number of fused-ring (bicyclic) bond motifs is 1. The molecule has 5 rings (SSSR count). The molecule has 0 unspecified atom stereocenters. The molecule has 2 amide bonds.